The van der Waals surface area contributed by atoms with Gasteiger partial charge in [0.05, 0.1) is 18.2 Å². The molecule has 140 valence electrons. The number of furan rings is 1. The summed E-state index contributed by atoms with van der Waals surface area (Å²) in [7, 11) is 2.19. The number of hydrogen-bond acceptors (Lipinski definition) is 4. The zero-order valence-electron chi connectivity index (χ0n) is 15.3. The normalized spacial score (nSPS) is 27.4. The lowest BCUT2D eigenvalue weighted by Crippen LogP contribution is -2.61. The van der Waals surface area contributed by atoms with E-state index in [0.717, 1.165) is 56.1 Å². The van der Waals surface area contributed by atoms with Crippen LogP contribution in [-0.2, 0) is 6.54 Å². The molecule has 0 radical (unpaired) electrons. The molecule has 0 spiro atoms. The lowest BCUT2D eigenvalue weighted by molar-refractivity contribution is -0.0694. The number of benzene rings is 1. The van der Waals surface area contributed by atoms with Gasteiger partial charge in [-0.05, 0) is 63.7 Å². The highest BCUT2D eigenvalue weighted by molar-refractivity contribution is 6.33. The smallest absolute Gasteiger partial charge is 0.135 e. The van der Waals surface area contributed by atoms with E-state index in [4.69, 9.17) is 16.0 Å². The molecule has 1 aromatic carbocycles. The van der Waals surface area contributed by atoms with Crippen LogP contribution in [0.1, 0.15) is 25.0 Å². The highest BCUT2D eigenvalue weighted by atomic mass is 35.5. The van der Waals surface area contributed by atoms with E-state index in [9.17, 15) is 5.11 Å². The fourth-order valence-electron chi connectivity index (χ4n) is 4.71. The Kier molecular flexibility index (Phi) is 5.11. The number of aliphatic hydroxyl groups excluding tert-OH is 1. The Morgan fingerprint density at radius 1 is 1.19 bits per heavy atom. The van der Waals surface area contributed by atoms with Gasteiger partial charge in [0.2, 0.25) is 0 Å². The first-order chi connectivity index (χ1) is 12.6. The SMILES string of the molecule is CN1CCC[C@]2(CO)CCN(Cc3ccc(-c4ccccc4Cl)o3)C[C@@H]12. The molecule has 3 heterocycles. The molecule has 2 aromatic rings. The lowest BCUT2D eigenvalue weighted by Gasteiger charge is -2.53. The van der Waals surface area contributed by atoms with Crippen LogP contribution in [0.15, 0.2) is 40.8 Å². The molecule has 1 aromatic heterocycles. The molecule has 2 aliphatic rings. The molecular weight excluding hydrogens is 348 g/mol. The van der Waals surface area contributed by atoms with Crippen molar-refractivity contribution in [1.82, 2.24) is 9.80 Å². The molecule has 2 atom stereocenters. The molecule has 5 heteroatoms. The number of likely N-dealkylation sites (N-methyl/N-ethyl adjacent to an activating group) is 1. The fourth-order valence-corrected chi connectivity index (χ4v) is 4.94. The molecule has 0 bridgehead atoms. The summed E-state index contributed by atoms with van der Waals surface area (Å²) in [6.45, 7) is 4.22. The highest BCUT2D eigenvalue weighted by Crippen LogP contribution is 2.42. The summed E-state index contributed by atoms with van der Waals surface area (Å²) in [6.07, 6.45) is 3.38. The van der Waals surface area contributed by atoms with Crippen LogP contribution in [0.3, 0.4) is 0 Å². The maximum atomic E-state index is 10.0. The van der Waals surface area contributed by atoms with Crippen molar-refractivity contribution in [3.8, 4) is 11.3 Å². The largest absolute Gasteiger partial charge is 0.460 e. The first kappa shape index (κ1) is 18.1. The second-order valence-electron chi connectivity index (χ2n) is 7.85. The third kappa shape index (κ3) is 3.31. The molecular formula is C21H27ClN2O2. The van der Waals surface area contributed by atoms with Crippen LogP contribution >= 0.6 is 11.6 Å². The third-order valence-corrected chi connectivity index (χ3v) is 6.61. The van der Waals surface area contributed by atoms with Crippen LogP contribution in [0.25, 0.3) is 11.3 Å². The van der Waals surface area contributed by atoms with E-state index in [1.165, 1.54) is 6.42 Å². The molecule has 1 N–H and O–H groups in total. The van der Waals surface area contributed by atoms with Gasteiger partial charge in [-0.3, -0.25) is 4.90 Å². The topological polar surface area (TPSA) is 39.9 Å². The van der Waals surface area contributed by atoms with E-state index < -0.39 is 0 Å². The molecule has 26 heavy (non-hydrogen) atoms. The predicted octanol–water partition coefficient (Wildman–Crippen LogP) is 3.88. The minimum atomic E-state index is 0.0788. The molecule has 2 aliphatic heterocycles. The van der Waals surface area contributed by atoms with E-state index >= 15 is 0 Å². The number of piperidine rings is 2. The lowest BCUT2D eigenvalue weighted by atomic mass is 9.69. The van der Waals surface area contributed by atoms with Crippen molar-refractivity contribution in [2.24, 2.45) is 5.41 Å². The van der Waals surface area contributed by atoms with E-state index in [0.29, 0.717) is 17.7 Å². The maximum Gasteiger partial charge on any atom is 0.135 e. The predicted molar refractivity (Wildman–Crippen MR) is 104 cm³/mol. The molecule has 0 aliphatic carbocycles. The van der Waals surface area contributed by atoms with Crippen molar-refractivity contribution < 1.29 is 9.52 Å². The van der Waals surface area contributed by atoms with Crippen LogP contribution in [-0.4, -0.2) is 54.2 Å². The van der Waals surface area contributed by atoms with Gasteiger partial charge in [-0.15, -0.1) is 0 Å². The summed E-state index contributed by atoms with van der Waals surface area (Å²) in [4.78, 5) is 4.89. The highest BCUT2D eigenvalue weighted by Gasteiger charge is 2.46. The van der Waals surface area contributed by atoms with E-state index in [-0.39, 0.29) is 5.41 Å². The van der Waals surface area contributed by atoms with E-state index in [1.54, 1.807) is 0 Å². The van der Waals surface area contributed by atoms with Crippen LogP contribution < -0.4 is 0 Å². The van der Waals surface area contributed by atoms with Crippen molar-refractivity contribution >= 4 is 11.6 Å². The van der Waals surface area contributed by atoms with Crippen LogP contribution in [0.4, 0.5) is 0 Å². The zero-order chi connectivity index (χ0) is 18.1. The van der Waals surface area contributed by atoms with Gasteiger partial charge in [0, 0.05) is 23.6 Å². The molecule has 0 amide bonds. The van der Waals surface area contributed by atoms with E-state index in [2.05, 4.69) is 22.9 Å². The number of halogens is 1. The molecule has 2 saturated heterocycles. The van der Waals surface area contributed by atoms with Gasteiger partial charge in [0.1, 0.15) is 11.5 Å². The Balaban J connectivity index is 1.47. The summed E-state index contributed by atoms with van der Waals surface area (Å²) in [5.41, 5.74) is 1.01. The average Bonchev–Trinajstić information content (AvgIpc) is 3.11. The monoisotopic (exact) mass is 374 g/mol. The van der Waals surface area contributed by atoms with Crippen LogP contribution in [0.5, 0.6) is 0 Å². The van der Waals surface area contributed by atoms with Crippen molar-refractivity contribution in [3.05, 3.63) is 47.2 Å². The Morgan fingerprint density at radius 2 is 2.04 bits per heavy atom. The second-order valence-corrected chi connectivity index (χ2v) is 8.26. The van der Waals surface area contributed by atoms with Crippen molar-refractivity contribution in [2.75, 3.05) is 33.3 Å². The molecule has 0 unspecified atom stereocenters. The summed E-state index contributed by atoms with van der Waals surface area (Å²) >= 11 is 6.28. The van der Waals surface area contributed by atoms with Gasteiger partial charge >= 0.3 is 0 Å². The Hall–Kier alpha value is -1.33. The number of fused-ring (bicyclic) bond motifs is 1. The third-order valence-electron chi connectivity index (χ3n) is 6.28. The van der Waals surface area contributed by atoms with Crippen molar-refractivity contribution in [3.63, 3.8) is 0 Å². The van der Waals surface area contributed by atoms with Gasteiger partial charge < -0.3 is 14.4 Å². The summed E-state index contributed by atoms with van der Waals surface area (Å²) in [5, 5.41) is 10.8. The van der Waals surface area contributed by atoms with E-state index in [1.807, 2.05) is 30.3 Å². The zero-order valence-corrected chi connectivity index (χ0v) is 16.1. The van der Waals surface area contributed by atoms with Gasteiger partial charge in [-0.25, -0.2) is 0 Å². The Morgan fingerprint density at radius 3 is 2.85 bits per heavy atom. The molecule has 0 saturated carbocycles. The first-order valence-corrected chi connectivity index (χ1v) is 9.86. The van der Waals surface area contributed by atoms with Crippen molar-refractivity contribution in [1.29, 1.82) is 0 Å². The summed E-state index contributed by atoms with van der Waals surface area (Å²) in [6, 6.07) is 12.3. The molecule has 4 rings (SSSR count). The van der Waals surface area contributed by atoms with Gasteiger partial charge in [-0.1, -0.05) is 23.7 Å². The van der Waals surface area contributed by atoms with Crippen LogP contribution in [0, 0.1) is 5.41 Å². The minimum absolute atomic E-state index is 0.0788. The van der Waals surface area contributed by atoms with Gasteiger partial charge in [0.15, 0.2) is 0 Å². The van der Waals surface area contributed by atoms with Gasteiger partial charge in [0.25, 0.3) is 0 Å². The number of aliphatic hydroxyl groups is 1. The maximum absolute atomic E-state index is 10.0. The summed E-state index contributed by atoms with van der Waals surface area (Å²) < 4.78 is 6.08. The minimum Gasteiger partial charge on any atom is -0.460 e. The quantitative estimate of drug-likeness (QED) is 0.881. The standard InChI is InChI=1S/C21H27ClN2O2/c1-23-11-4-9-21(15-25)10-12-24(14-20(21)23)13-16-7-8-19(26-16)17-5-2-3-6-18(17)22/h2-3,5-8,20,25H,4,9-15H2,1H3/t20-,21-/m1/s1. The molecule has 2 fully saturated rings. The fraction of sp³-hybridized carbons (Fsp3) is 0.524. The van der Waals surface area contributed by atoms with Crippen LogP contribution in [0.2, 0.25) is 5.02 Å². The van der Waals surface area contributed by atoms with Crippen molar-refractivity contribution in [2.45, 2.75) is 31.8 Å². The summed E-state index contributed by atoms with van der Waals surface area (Å²) in [5.74, 6) is 1.79. The Bertz CT molecular complexity index is 762. The number of nitrogens with zero attached hydrogens (tertiary/aromatic N) is 2. The second kappa shape index (κ2) is 7.35. The van der Waals surface area contributed by atoms with Gasteiger partial charge in [-0.2, -0.15) is 0 Å². The molecule has 4 nitrogen and oxygen atoms in total. The number of hydrogen-bond donors (Lipinski definition) is 1. The first-order valence-electron chi connectivity index (χ1n) is 9.48. The number of rotatable bonds is 4. The number of likely N-dealkylation sites (tertiary alicyclic amines) is 2. The Labute approximate surface area is 160 Å². The average molecular weight is 375 g/mol.